The molecular weight excluding hydrogens is 497 g/mol. The van der Waals surface area contributed by atoms with Gasteiger partial charge in [0.1, 0.15) is 6.61 Å². The van der Waals surface area contributed by atoms with Crippen molar-refractivity contribution in [2.45, 2.75) is 25.7 Å². The maximum atomic E-state index is 13.1. The monoisotopic (exact) mass is 522 g/mol. The lowest BCUT2D eigenvalue weighted by Crippen LogP contribution is -2.55. The number of ether oxygens (including phenoxy) is 1. The first-order valence-electron chi connectivity index (χ1n) is 12.1. The third-order valence-electron chi connectivity index (χ3n) is 6.28. The number of hydrogen-bond donors (Lipinski definition) is 1. The van der Waals surface area contributed by atoms with Gasteiger partial charge in [0.15, 0.2) is 5.82 Å². The molecule has 4 aromatic rings. The third-order valence-corrected chi connectivity index (χ3v) is 6.28. The number of nitrogens with zero attached hydrogens (tertiary/aromatic N) is 5. The third kappa shape index (κ3) is 5.61. The fourth-order valence-electron chi connectivity index (χ4n) is 4.33. The Kier molecular flexibility index (Phi) is 6.99. The Balaban J connectivity index is 1.32. The van der Waals surface area contributed by atoms with Crippen LogP contribution in [0.15, 0.2) is 73.1 Å². The number of aromatic nitrogens is 3. The molecule has 8 nitrogen and oxygen atoms in total. The Morgan fingerprint density at radius 2 is 1.76 bits per heavy atom. The van der Waals surface area contributed by atoms with E-state index in [1.165, 1.54) is 12.1 Å². The molecule has 38 heavy (non-hydrogen) atoms. The Hall–Kier alpha value is -4.41. The van der Waals surface area contributed by atoms with Crippen LogP contribution in [0.5, 0.6) is 5.88 Å². The van der Waals surface area contributed by atoms with E-state index in [-0.39, 0.29) is 18.3 Å². The number of fused-ring (bicyclic) bond motifs is 1. The predicted octanol–water partition coefficient (Wildman–Crippen LogP) is 5.37. The van der Waals surface area contributed by atoms with Crippen molar-refractivity contribution >= 4 is 28.6 Å². The van der Waals surface area contributed by atoms with E-state index in [0.717, 1.165) is 23.2 Å². The van der Waals surface area contributed by atoms with Gasteiger partial charge in [-0.15, -0.1) is 0 Å². The molecule has 0 radical (unpaired) electrons. The number of hydrogen-bond acceptors (Lipinski definition) is 6. The molecular formula is C27H25F3N6O2. The second-order valence-electron chi connectivity index (χ2n) is 8.98. The van der Waals surface area contributed by atoms with Crippen LogP contribution in [0.3, 0.4) is 0 Å². The highest BCUT2D eigenvalue weighted by Gasteiger charge is 2.32. The minimum absolute atomic E-state index is 0.0895. The van der Waals surface area contributed by atoms with Gasteiger partial charge >= 0.3 is 12.2 Å². The van der Waals surface area contributed by atoms with E-state index in [0.29, 0.717) is 36.8 Å². The number of rotatable bonds is 5. The first-order valence-corrected chi connectivity index (χ1v) is 12.1. The minimum atomic E-state index is -4.49. The zero-order valence-electron chi connectivity index (χ0n) is 20.5. The maximum Gasteiger partial charge on any atom is 0.416 e. The van der Waals surface area contributed by atoms with E-state index in [4.69, 9.17) is 14.7 Å². The quantitative estimate of drug-likeness (QED) is 0.380. The normalized spacial score (nSPS) is 15.9. The van der Waals surface area contributed by atoms with Gasteiger partial charge in [-0.2, -0.15) is 13.2 Å². The smallest absolute Gasteiger partial charge is 0.416 e. The molecule has 11 heteroatoms. The first kappa shape index (κ1) is 25.2. The number of para-hydroxylation sites is 2. The molecule has 2 amide bonds. The van der Waals surface area contributed by atoms with Gasteiger partial charge < -0.3 is 19.9 Å². The van der Waals surface area contributed by atoms with Crippen molar-refractivity contribution in [1.82, 2.24) is 19.9 Å². The number of alkyl halides is 3. The fourth-order valence-corrected chi connectivity index (χ4v) is 4.33. The van der Waals surface area contributed by atoms with E-state index in [1.807, 2.05) is 48.2 Å². The molecule has 196 valence electrons. The van der Waals surface area contributed by atoms with E-state index in [2.05, 4.69) is 10.3 Å². The molecule has 2 aromatic heterocycles. The highest BCUT2D eigenvalue weighted by Crippen LogP contribution is 2.32. The van der Waals surface area contributed by atoms with Gasteiger partial charge in [0.05, 0.1) is 16.6 Å². The first-order chi connectivity index (χ1) is 18.3. The number of halogens is 3. The molecule has 5 rings (SSSR count). The number of piperazine rings is 1. The topological polar surface area (TPSA) is 83.5 Å². The summed E-state index contributed by atoms with van der Waals surface area (Å²) in [4.78, 5) is 30.1. The van der Waals surface area contributed by atoms with Gasteiger partial charge in [-0.25, -0.2) is 14.8 Å². The van der Waals surface area contributed by atoms with Crippen LogP contribution < -0.4 is 15.0 Å². The molecule has 0 bridgehead atoms. The number of urea groups is 1. The molecule has 0 spiro atoms. The lowest BCUT2D eigenvalue weighted by Gasteiger charge is -2.40. The molecule has 0 saturated carbocycles. The van der Waals surface area contributed by atoms with Crippen LogP contribution in [0, 0.1) is 0 Å². The molecule has 2 aromatic carbocycles. The fraction of sp³-hybridized carbons (Fsp3) is 0.259. The SMILES string of the molecule is CC1CN(c2nc3ccccc3nc2OCc2ccncc2)CCN1C(=O)Nc1cccc(C(F)(F)F)c1. The summed E-state index contributed by atoms with van der Waals surface area (Å²) >= 11 is 0. The standard InChI is InChI=1S/C27H25F3N6O2/c1-18-16-35(13-14-36(18)26(37)32-21-6-4-5-20(15-21)27(28,29)30)24-25(38-17-19-9-11-31-12-10-19)34-23-8-3-2-7-22(23)33-24/h2-12,15,18H,13-14,16-17H2,1H3,(H,32,37). The highest BCUT2D eigenvalue weighted by molar-refractivity contribution is 5.90. The second-order valence-corrected chi connectivity index (χ2v) is 8.98. The Labute approximate surface area is 217 Å². The predicted molar refractivity (Wildman–Crippen MR) is 137 cm³/mol. The number of benzene rings is 2. The lowest BCUT2D eigenvalue weighted by atomic mass is 10.2. The van der Waals surface area contributed by atoms with E-state index in [9.17, 15) is 18.0 Å². The average molecular weight is 523 g/mol. The Bertz CT molecular complexity index is 1430. The van der Waals surface area contributed by atoms with Crippen LogP contribution >= 0.6 is 0 Å². The summed E-state index contributed by atoms with van der Waals surface area (Å²) in [6, 6.07) is 15.1. The van der Waals surface area contributed by atoms with Crippen molar-refractivity contribution in [3.8, 4) is 5.88 Å². The van der Waals surface area contributed by atoms with Crippen LogP contribution in [0.2, 0.25) is 0 Å². The van der Waals surface area contributed by atoms with Crippen molar-refractivity contribution in [2.24, 2.45) is 0 Å². The summed E-state index contributed by atoms with van der Waals surface area (Å²) in [5, 5.41) is 2.59. The summed E-state index contributed by atoms with van der Waals surface area (Å²) in [6.07, 6.45) is -1.11. The Morgan fingerprint density at radius 1 is 1.03 bits per heavy atom. The van der Waals surface area contributed by atoms with E-state index >= 15 is 0 Å². The number of pyridine rings is 1. The van der Waals surface area contributed by atoms with Crippen molar-refractivity contribution in [1.29, 1.82) is 0 Å². The largest absolute Gasteiger partial charge is 0.470 e. The molecule has 1 aliphatic heterocycles. The number of amides is 2. The lowest BCUT2D eigenvalue weighted by molar-refractivity contribution is -0.137. The summed E-state index contributed by atoms with van der Waals surface area (Å²) in [5.74, 6) is 0.956. The highest BCUT2D eigenvalue weighted by atomic mass is 19.4. The molecule has 1 atom stereocenters. The van der Waals surface area contributed by atoms with Gasteiger partial charge in [0.25, 0.3) is 5.88 Å². The molecule has 1 unspecified atom stereocenters. The van der Waals surface area contributed by atoms with Crippen LogP contribution in [0.25, 0.3) is 11.0 Å². The van der Waals surface area contributed by atoms with Crippen molar-refractivity contribution in [3.63, 3.8) is 0 Å². The van der Waals surface area contributed by atoms with Crippen molar-refractivity contribution in [2.75, 3.05) is 29.9 Å². The summed E-state index contributed by atoms with van der Waals surface area (Å²) in [7, 11) is 0. The van der Waals surface area contributed by atoms with Crippen molar-refractivity contribution in [3.05, 3.63) is 84.2 Å². The van der Waals surface area contributed by atoms with Gasteiger partial charge in [-0.05, 0) is 55.0 Å². The molecule has 0 aliphatic carbocycles. The van der Waals surface area contributed by atoms with Gasteiger partial charge in [0, 0.05) is 43.8 Å². The molecule has 1 N–H and O–H groups in total. The Morgan fingerprint density at radius 3 is 2.47 bits per heavy atom. The van der Waals surface area contributed by atoms with E-state index < -0.39 is 17.8 Å². The molecule has 3 heterocycles. The summed E-state index contributed by atoms with van der Waals surface area (Å²) in [5.41, 5.74) is 1.63. The summed E-state index contributed by atoms with van der Waals surface area (Å²) < 4.78 is 45.2. The molecule has 1 aliphatic rings. The number of anilines is 2. The summed E-state index contributed by atoms with van der Waals surface area (Å²) in [6.45, 7) is 3.39. The van der Waals surface area contributed by atoms with Crippen LogP contribution in [-0.2, 0) is 12.8 Å². The average Bonchev–Trinajstić information content (AvgIpc) is 2.91. The molecule has 1 fully saturated rings. The van der Waals surface area contributed by atoms with Crippen molar-refractivity contribution < 1.29 is 22.7 Å². The van der Waals surface area contributed by atoms with Crippen LogP contribution in [-0.4, -0.2) is 51.6 Å². The number of carbonyl (C=O) groups excluding carboxylic acids is 1. The second kappa shape index (κ2) is 10.5. The van der Waals surface area contributed by atoms with Gasteiger partial charge in [-0.1, -0.05) is 18.2 Å². The zero-order valence-corrected chi connectivity index (χ0v) is 20.5. The van der Waals surface area contributed by atoms with Gasteiger partial charge in [0.2, 0.25) is 0 Å². The van der Waals surface area contributed by atoms with Crippen LogP contribution in [0.1, 0.15) is 18.1 Å². The number of nitrogens with one attached hydrogen (secondary N) is 1. The maximum absolute atomic E-state index is 13.1. The number of carbonyl (C=O) groups is 1. The minimum Gasteiger partial charge on any atom is -0.470 e. The van der Waals surface area contributed by atoms with E-state index in [1.54, 1.807) is 17.3 Å². The van der Waals surface area contributed by atoms with Crippen LogP contribution in [0.4, 0.5) is 29.5 Å². The van der Waals surface area contributed by atoms with Gasteiger partial charge in [-0.3, -0.25) is 4.98 Å². The molecule has 1 saturated heterocycles. The zero-order chi connectivity index (χ0) is 26.7.